The predicted molar refractivity (Wildman–Crippen MR) is 79.6 cm³/mol. The molecule has 1 aromatic carbocycles. The van der Waals surface area contributed by atoms with Gasteiger partial charge in [-0.1, -0.05) is 32.9 Å². The zero-order valence-corrected chi connectivity index (χ0v) is 12.6. The molecule has 0 aromatic heterocycles. The molecule has 3 nitrogen and oxygen atoms in total. The molecule has 108 valence electrons. The van der Waals surface area contributed by atoms with Crippen LogP contribution in [0.15, 0.2) is 24.3 Å². The number of benzene rings is 1. The van der Waals surface area contributed by atoms with Crippen LogP contribution in [0.3, 0.4) is 0 Å². The highest BCUT2D eigenvalue weighted by Crippen LogP contribution is 2.16. The van der Waals surface area contributed by atoms with Gasteiger partial charge in [-0.3, -0.25) is 0 Å². The van der Waals surface area contributed by atoms with Gasteiger partial charge >= 0.3 is 0 Å². The SMILES string of the molecule is CCC(CNCC(C)C)Oc1cccc(COC)c1. The molecule has 1 atom stereocenters. The fourth-order valence-electron chi connectivity index (χ4n) is 1.87. The Morgan fingerprint density at radius 2 is 2.00 bits per heavy atom. The number of nitrogens with one attached hydrogen (secondary N) is 1. The Morgan fingerprint density at radius 3 is 2.63 bits per heavy atom. The number of rotatable bonds is 9. The molecule has 0 aliphatic heterocycles. The quantitative estimate of drug-likeness (QED) is 0.743. The highest BCUT2D eigenvalue weighted by Gasteiger charge is 2.08. The number of hydrogen-bond donors (Lipinski definition) is 1. The van der Waals surface area contributed by atoms with Crippen molar-refractivity contribution in [3.05, 3.63) is 29.8 Å². The van der Waals surface area contributed by atoms with Gasteiger partial charge in [0.15, 0.2) is 0 Å². The summed E-state index contributed by atoms with van der Waals surface area (Å²) in [7, 11) is 1.71. The standard InChI is InChI=1S/C16H27NO2/c1-5-15(11-17-10-13(2)3)19-16-8-6-7-14(9-16)12-18-4/h6-9,13,15,17H,5,10-12H2,1-4H3. The van der Waals surface area contributed by atoms with E-state index in [2.05, 4.69) is 32.2 Å². The van der Waals surface area contributed by atoms with Crippen LogP contribution in [-0.2, 0) is 11.3 Å². The van der Waals surface area contributed by atoms with Crippen LogP contribution in [0, 0.1) is 5.92 Å². The third kappa shape index (κ3) is 6.60. The molecule has 1 N–H and O–H groups in total. The van der Waals surface area contributed by atoms with Crippen LogP contribution in [0.1, 0.15) is 32.8 Å². The van der Waals surface area contributed by atoms with Gasteiger partial charge in [-0.2, -0.15) is 0 Å². The first-order chi connectivity index (χ1) is 9.15. The number of methoxy groups -OCH3 is 1. The molecule has 1 unspecified atom stereocenters. The van der Waals surface area contributed by atoms with Crippen molar-refractivity contribution in [2.24, 2.45) is 5.92 Å². The van der Waals surface area contributed by atoms with Crippen LogP contribution in [0.25, 0.3) is 0 Å². The Kier molecular flexibility index (Phi) is 7.53. The average Bonchev–Trinajstić information content (AvgIpc) is 2.38. The molecule has 0 bridgehead atoms. The van der Waals surface area contributed by atoms with Crippen LogP contribution in [0.5, 0.6) is 5.75 Å². The van der Waals surface area contributed by atoms with Crippen molar-refractivity contribution in [3.8, 4) is 5.75 Å². The zero-order valence-electron chi connectivity index (χ0n) is 12.6. The lowest BCUT2D eigenvalue weighted by atomic mass is 10.2. The van der Waals surface area contributed by atoms with E-state index >= 15 is 0 Å². The molecule has 0 amide bonds. The van der Waals surface area contributed by atoms with Crippen molar-refractivity contribution < 1.29 is 9.47 Å². The molecule has 1 aromatic rings. The molecule has 0 fully saturated rings. The molecule has 1 rings (SSSR count). The zero-order chi connectivity index (χ0) is 14.1. The second-order valence-electron chi connectivity index (χ2n) is 5.28. The predicted octanol–water partition coefficient (Wildman–Crippen LogP) is 3.24. The summed E-state index contributed by atoms with van der Waals surface area (Å²) in [6.45, 7) is 9.12. The van der Waals surface area contributed by atoms with E-state index in [4.69, 9.17) is 9.47 Å². The van der Waals surface area contributed by atoms with Gasteiger partial charge in [0.25, 0.3) is 0 Å². The Bertz CT molecular complexity index is 352. The second-order valence-corrected chi connectivity index (χ2v) is 5.28. The van der Waals surface area contributed by atoms with E-state index < -0.39 is 0 Å². The van der Waals surface area contributed by atoms with E-state index in [9.17, 15) is 0 Å². The third-order valence-electron chi connectivity index (χ3n) is 2.89. The first-order valence-electron chi connectivity index (χ1n) is 7.11. The van der Waals surface area contributed by atoms with Crippen molar-refractivity contribution in [1.29, 1.82) is 0 Å². The molecule has 0 aliphatic rings. The summed E-state index contributed by atoms with van der Waals surface area (Å²) < 4.78 is 11.2. The van der Waals surface area contributed by atoms with Crippen LogP contribution in [0.4, 0.5) is 0 Å². The second kappa shape index (κ2) is 8.94. The summed E-state index contributed by atoms with van der Waals surface area (Å²) >= 11 is 0. The van der Waals surface area contributed by atoms with E-state index in [1.165, 1.54) is 0 Å². The maximum atomic E-state index is 6.01. The maximum Gasteiger partial charge on any atom is 0.120 e. The van der Waals surface area contributed by atoms with E-state index in [0.29, 0.717) is 12.5 Å². The largest absolute Gasteiger partial charge is 0.489 e. The maximum absolute atomic E-state index is 6.01. The summed E-state index contributed by atoms with van der Waals surface area (Å²) in [5.41, 5.74) is 1.14. The van der Waals surface area contributed by atoms with Gasteiger partial charge in [0.2, 0.25) is 0 Å². The summed E-state index contributed by atoms with van der Waals surface area (Å²) in [4.78, 5) is 0. The van der Waals surface area contributed by atoms with Crippen molar-refractivity contribution in [2.45, 2.75) is 39.9 Å². The van der Waals surface area contributed by atoms with Crippen LogP contribution >= 0.6 is 0 Å². The van der Waals surface area contributed by atoms with Crippen molar-refractivity contribution in [1.82, 2.24) is 5.32 Å². The van der Waals surface area contributed by atoms with Gasteiger partial charge in [0, 0.05) is 13.7 Å². The minimum atomic E-state index is 0.219. The lowest BCUT2D eigenvalue weighted by Crippen LogP contribution is -2.33. The van der Waals surface area contributed by atoms with Crippen molar-refractivity contribution >= 4 is 0 Å². The van der Waals surface area contributed by atoms with Crippen molar-refractivity contribution in [3.63, 3.8) is 0 Å². The highest BCUT2D eigenvalue weighted by molar-refractivity contribution is 5.28. The summed E-state index contributed by atoms with van der Waals surface area (Å²) in [5.74, 6) is 1.59. The van der Waals surface area contributed by atoms with Gasteiger partial charge in [-0.25, -0.2) is 0 Å². The number of hydrogen-bond acceptors (Lipinski definition) is 3. The van der Waals surface area contributed by atoms with Gasteiger partial charge in [-0.05, 0) is 36.6 Å². The van der Waals surface area contributed by atoms with Gasteiger partial charge in [0.05, 0.1) is 6.61 Å². The fraction of sp³-hybridized carbons (Fsp3) is 0.625. The van der Waals surface area contributed by atoms with Gasteiger partial charge < -0.3 is 14.8 Å². The molecular weight excluding hydrogens is 238 g/mol. The van der Waals surface area contributed by atoms with Gasteiger partial charge in [0.1, 0.15) is 11.9 Å². The van der Waals surface area contributed by atoms with E-state index in [-0.39, 0.29) is 6.10 Å². The fourth-order valence-corrected chi connectivity index (χ4v) is 1.87. The Balaban J connectivity index is 2.47. The summed E-state index contributed by atoms with van der Waals surface area (Å²) in [5, 5.41) is 3.45. The molecular formula is C16H27NO2. The van der Waals surface area contributed by atoms with Crippen molar-refractivity contribution in [2.75, 3.05) is 20.2 Å². The molecule has 3 heteroatoms. The Morgan fingerprint density at radius 1 is 1.21 bits per heavy atom. The molecule has 0 heterocycles. The van der Waals surface area contributed by atoms with E-state index in [1.54, 1.807) is 7.11 Å². The first-order valence-corrected chi connectivity index (χ1v) is 7.11. The average molecular weight is 265 g/mol. The molecule has 0 spiro atoms. The highest BCUT2D eigenvalue weighted by atomic mass is 16.5. The summed E-state index contributed by atoms with van der Waals surface area (Å²) in [6.07, 6.45) is 1.22. The smallest absolute Gasteiger partial charge is 0.120 e. The van der Waals surface area contributed by atoms with E-state index in [1.807, 2.05) is 18.2 Å². The Hall–Kier alpha value is -1.06. The first kappa shape index (κ1) is 16.0. The lowest BCUT2D eigenvalue weighted by Gasteiger charge is -2.19. The molecule has 0 saturated heterocycles. The van der Waals surface area contributed by atoms with Crippen LogP contribution < -0.4 is 10.1 Å². The van der Waals surface area contributed by atoms with Gasteiger partial charge in [-0.15, -0.1) is 0 Å². The normalized spacial score (nSPS) is 12.7. The topological polar surface area (TPSA) is 30.5 Å². The van der Waals surface area contributed by atoms with Crippen LogP contribution in [0.2, 0.25) is 0 Å². The minimum absolute atomic E-state index is 0.219. The Labute approximate surface area is 117 Å². The number of ether oxygens (including phenoxy) is 2. The molecule has 0 radical (unpaired) electrons. The molecule has 0 saturated carbocycles. The van der Waals surface area contributed by atoms with Crippen LogP contribution in [-0.4, -0.2) is 26.3 Å². The lowest BCUT2D eigenvalue weighted by molar-refractivity contribution is 0.180. The minimum Gasteiger partial charge on any atom is -0.489 e. The molecule has 0 aliphatic carbocycles. The third-order valence-corrected chi connectivity index (χ3v) is 2.89. The summed E-state index contributed by atoms with van der Waals surface area (Å²) in [6, 6.07) is 8.12. The monoisotopic (exact) mass is 265 g/mol. The molecule has 19 heavy (non-hydrogen) atoms. The van der Waals surface area contributed by atoms with E-state index in [0.717, 1.165) is 30.8 Å².